The first-order valence-electron chi connectivity index (χ1n) is 9.40. The molecule has 0 radical (unpaired) electrons. The normalized spacial score (nSPS) is 16.1. The van der Waals surface area contributed by atoms with E-state index in [1.54, 1.807) is 30.5 Å². The second kappa shape index (κ2) is 9.15. The zero-order valence-corrected chi connectivity index (χ0v) is 16.5. The summed E-state index contributed by atoms with van der Waals surface area (Å²) in [6.07, 6.45) is 5.46. The minimum absolute atomic E-state index is 0.242. The Morgan fingerprint density at radius 3 is 2.67 bits per heavy atom. The van der Waals surface area contributed by atoms with Gasteiger partial charge in [0.15, 0.2) is 0 Å². The van der Waals surface area contributed by atoms with Crippen LogP contribution in [0, 0.1) is 11.8 Å². The first kappa shape index (κ1) is 19.6. The molecule has 2 aromatic heterocycles. The molecule has 1 aliphatic heterocycles. The van der Waals surface area contributed by atoms with Crippen molar-refractivity contribution in [2.24, 2.45) is 11.8 Å². The zero-order chi connectivity index (χ0) is 19.2. The molecule has 3 heterocycles. The smallest absolute Gasteiger partial charge is 0.260 e. The molecule has 6 nitrogen and oxygen atoms in total. The number of aromatic nitrogens is 2. The lowest BCUT2D eigenvalue weighted by atomic mass is 9.84. The molecule has 0 aliphatic carbocycles. The Bertz CT molecular complexity index is 759. The van der Waals surface area contributed by atoms with Crippen molar-refractivity contribution in [2.45, 2.75) is 32.7 Å². The second-order valence-corrected chi connectivity index (χ2v) is 7.65. The number of halogens is 1. The van der Waals surface area contributed by atoms with Gasteiger partial charge in [0.25, 0.3) is 5.91 Å². The lowest BCUT2D eigenvalue weighted by Gasteiger charge is -2.34. The van der Waals surface area contributed by atoms with Gasteiger partial charge in [-0.15, -0.1) is 0 Å². The molecule has 1 amide bonds. The molecule has 3 N–H and O–H groups in total. The number of hydrogen-bond donors (Lipinski definition) is 3. The molecule has 1 aliphatic rings. The minimum Gasteiger partial charge on any atom is -0.366 e. The first-order chi connectivity index (χ1) is 13.0. The van der Waals surface area contributed by atoms with E-state index in [4.69, 9.17) is 11.6 Å². The third kappa shape index (κ3) is 5.17. The Kier molecular flexibility index (Phi) is 6.63. The predicted molar refractivity (Wildman–Crippen MR) is 109 cm³/mol. The predicted octanol–water partition coefficient (Wildman–Crippen LogP) is 3.82. The van der Waals surface area contributed by atoms with Gasteiger partial charge < -0.3 is 16.0 Å². The van der Waals surface area contributed by atoms with Crippen LogP contribution in [0.1, 0.15) is 37.0 Å². The topological polar surface area (TPSA) is 78.9 Å². The molecule has 1 saturated heterocycles. The Morgan fingerprint density at radius 1 is 1.22 bits per heavy atom. The van der Waals surface area contributed by atoms with Gasteiger partial charge in [0.1, 0.15) is 11.6 Å². The standard InChI is InChI=1S/C20H26ClN5O/c1-13(2)18(14-7-10-22-11-8-14)26-19-16(4-3-9-23-19)20(27)25-17-6-5-15(21)12-24-17/h3-6,9,12-14,18,22H,7-8,10-11H2,1-2H3,(H,23,26)(H,24,25,27). The number of nitrogens with one attached hydrogen (secondary N) is 3. The highest BCUT2D eigenvalue weighted by atomic mass is 35.5. The number of nitrogens with zero attached hydrogens (tertiary/aromatic N) is 2. The highest BCUT2D eigenvalue weighted by molar-refractivity contribution is 6.30. The molecule has 3 rings (SSSR count). The van der Waals surface area contributed by atoms with Gasteiger partial charge in [0, 0.05) is 18.4 Å². The van der Waals surface area contributed by atoms with E-state index in [2.05, 4.69) is 39.8 Å². The first-order valence-corrected chi connectivity index (χ1v) is 9.77. The lowest BCUT2D eigenvalue weighted by molar-refractivity contribution is 0.102. The molecule has 7 heteroatoms. The van der Waals surface area contributed by atoms with Crippen LogP contribution in [0.4, 0.5) is 11.6 Å². The van der Waals surface area contributed by atoms with Crippen LogP contribution in [-0.4, -0.2) is 35.0 Å². The van der Waals surface area contributed by atoms with Gasteiger partial charge in [-0.25, -0.2) is 9.97 Å². The van der Waals surface area contributed by atoms with E-state index in [1.807, 2.05) is 0 Å². The van der Waals surface area contributed by atoms with Crippen molar-refractivity contribution in [3.05, 3.63) is 47.2 Å². The summed E-state index contributed by atoms with van der Waals surface area (Å²) in [6.45, 7) is 6.49. The average molecular weight is 388 g/mol. The summed E-state index contributed by atoms with van der Waals surface area (Å²) >= 11 is 5.85. The van der Waals surface area contributed by atoms with Crippen LogP contribution in [0.15, 0.2) is 36.7 Å². The van der Waals surface area contributed by atoms with Crippen molar-refractivity contribution in [1.29, 1.82) is 0 Å². The number of carbonyl (C=O) groups is 1. The molecule has 0 aromatic carbocycles. The van der Waals surface area contributed by atoms with Crippen molar-refractivity contribution in [2.75, 3.05) is 23.7 Å². The average Bonchev–Trinajstić information content (AvgIpc) is 2.68. The monoisotopic (exact) mass is 387 g/mol. The van der Waals surface area contributed by atoms with Crippen molar-refractivity contribution in [3.8, 4) is 0 Å². The van der Waals surface area contributed by atoms with Gasteiger partial charge in [-0.2, -0.15) is 0 Å². The third-order valence-corrected chi connectivity index (χ3v) is 5.16. The maximum atomic E-state index is 12.8. The summed E-state index contributed by atoms with van der Waals surface area (Å²) in [6, 6.07) is 7.18. The van der Waals surface area contributed by atoms with E-state index in [0.717, 1.165) is 25.9 Å². The highest BCUT2D eigenvalue weighted by Gasteiger charge is 2.27. The number of piperidine rings is 1. The minimum atomic E-state index is -0.242. The van der Waals surface area contributed by atoms with E-state index in [9.17, 15) is 4.79 Å². The number of carbonyl (C=O) groups excluding carboxylic acids is 1. The van der Waals surface area contributed by atoms with Crippen LogP contribution in [0.5, 0.6) is 0 Å². The summed E-state index contributed by atoms with van der Waals surface area (Å²) in [5.74, 6) is 1.82. The number of amides is 1. The second-order valence-electron chi connectivity index (χ2n) is 7.22. The van der Waals surface area contributed by atoms with Crippen LogP contribution in [0.3, 0.4) is 0 Å². The molecule has 1 fully saturated rings. The van der Waals surface area contributed by atoms with Gasteiger partial charge in [-0.05, 0) is 62.0 Å². The zero-order valence-electron chi connectivity index (χ0n) is 15.7. The van der Waals surface area contributed by atoms with E-state index < -0.39 is 0 Å². The van der Waals surface area contributed by atoms with E-state index in [1.165, 1.54) is 6.20 Å². The fourth-order valence-corrected chi connectivity index (χ4v) is 3.64. The fraction of sp³-hybridized carbons (Fsp3) is 0.450. The summed E-state index contributed by atoms with van der Waals surface area (Å²) in [7, 11) is 0. The number of rotatable bonds is 6. The molecule has 0 saturated carbocycles. The Hall–Kier alpha value is -2.18. The molecular formula is C20H26ClN5O. The van der Waals surface area contributed by atoms with E-state index in [0.29, 0.717) is 34.1 Å². The molecule has 144 valence electrons. The van der Waals surface area contributed by atoms with Crippen LogP contribution >= 0.6 is 11.6 Å². The van der Waals surface area contributed by atoms with Gasteiger partial charge in [-0.3, -0.25) is 4.79 Å². The largest absolute Gasteiger partial charge is 0.366 e. The fourth-order valence-electron chi connectivity index (χ4n) is 3.53. The van der Waals surface area contributed by atoms with Crippen LogP contribution in [-0.2, 0) is 0 Å². The molecule has 0 bridgehead atoms. The van der Waals surface area contributed by atoms with Crippen molar-refractivity contribution in [1.82, 2.24) is 15.3 Å². The number of hydrogen-bond acceptors (Lipinski definition) is 5. The van der Waals surface area contributed by atoms with Crippen LogP contribution in [0.25, 0.3) is 0 Å². The highest BCUT2D eigenvalue weighted by Crippen LogP contribution is 2.26. The Labute approximate surface area is 165 Å². The quantitative estimate of drug-likeness (QED) is 0.702. The molecule has 1 unspecified atom stereocenters. The van der Waals surface area contributed by atoms with Crippen LogP contribution < -0.4 is 16.0 Å². The summed E-state index contributed by atoms with van der Waals surface area (Å²) in [5, 5.41) is 10.3. The summed E-state index contributed by atoms with van der Waals surface area (Å²) < 4.78 is 0. The summed E-state index contributed by atoms with van der Waals surface area (Å²) in [5.41, 5.74) is 0.508. The maximum absolute atomic E-state index is 12.8. The molecule has 0 spiro atoms. The number of anilines is 2. The van der Waals surface area contributed by atoms with Crippen LogP contribution in [0.2, 0.25) is 5.02 Å². The van der Waals surface area contributed by atoms with Gasteiger partial charge >= 0.3 is 0 Å². The van der Waals surface area contributed by atoms with Gasteiger partial charge in [0.2, 0.25) is 0 Å². The van der Waals surface area contributed by atoms with Crippen molar-refractivity contribution in [3.63, 3.8) is 0 Å². The SMILES string of the molecule is CC(C)C(Nc1ncccc1C(=O)Nc1ccc(Cl)cn1)C1CCNCC1. The third-order valence-electron chi connectivity index (χ3n) is 4.93. The van der Waals surface area contributed by atoms with Crippen molar-refractivity contribution >= 4 is 29.1 Å². The van der Waals surface area contributed by atoms with E-state index >= 15 is 0 Å². The maximum Gasteiger partial charge on any atom is 0.260 e. The molecule has 2 aromatic rings. The van der Waals surface area contributed by atoms with E-state index in [-0.39, 0.29) is 11.9 Å². The Balaban J connectivity index is 1.77. The van der Waals surface area contributed by atoms with Crippen molar-refractivity contribution < 1.29 is 4.79 Å². The van der Waals surface area contributed by atoms with Gasteiger partial charge in [-0.1, -0.05) is 25.4 Å². The molecule has 27 heavy (non-hydrogen) atoms. The van der Waals surface area contributed by atoms with Gasteiger partial charge in [0.05, 0.1) is 10.6 Å². The molecule has 1 atom stereocenters. The lowest BCUT2D eigenvalue weighted by Crippen LogP contribution is -2.41. The molecular weight excluding hydrogens is 362 g/mol. The Morgan fingerprint density at radius 2 is 2.00 bits per heavy atom. The number of pyridine rings is 2. The summed E-state index contributed by atoms with van der Waals surface area (Å²) in [4.78, 5) is 21.3.